The van der Waals surface area contributed by atoms with Gasteiger partial charge in [-0.1, -0.05) is 25.3 Å². The van der Waals surface area contributed by atoms with E-state index in [1.165, 1.54) is 17.5 Å². The third kappa shape index (κ3) is 4.31. The van der Waals surface area contributed by atoms with Crippen molar-refractivity contribution < 1.29 is 4.79 Å². The predicted molar refractivity (Wildman–Crippen MR) is 113 cm³/mol. The van der Waals surface area contributed by atoms with E-state index in [0.717, 1.165) is 41.7 Å². The van der Waals surface area contributed by atoms with Crippen LogP contribution in [0, 0.1) is 0 Å². The molecular formula is C20H23N5OS. The van der Waals surface area contributed by atoms with Crippen molar-refractivity contribution in [3.8, 4) is 0 Å². The maximum Gasteiger partial charge on any atom is 0.274 e. The Hall–Kier alpha value is -2.80. The number of amides is 1. The van der Waals surface area contributed by atoms with Crippen molar-refractivity contribution in [1.29, 1.82) is 0 Å². The van der Waals surface area contributed by atoms with Gasteiger partial charge in [0, 0.05) is 25.5 Å². The van der Waals surface area contributed by atoms with Crippen LogP contribution < -0.4 is 5.32 Å². The normalized spacial score (nSPS) is 16.0. The Morgan fingerprint density at radius 1 is 1.37 bits per heavy atom. The van der Waals surface area contributed by atoms with Crippen molar-refractivity contribution in [1.82, 2.24) is 14.9 Å². The standard InChI is InChI=1S/C20H23N5OS/c1-4-8-15(13-21-5-2)14(3)22-20-23-16-9-12-27-18(16)17(24-20)19(26)25-10-6-7-11-25/h4-5,8-9,12-14H,1-2,6-7,10-11H2,3H3,(H,22,23,24)/b15-8+,21-13-. The molecule has 1 amide bonds. The monoisotopic (exact) mass is 381 g/mol. The topological polar surface area (TPSA) is 70.5 Å². The van der Waals surface area contributed by atoms with Crippen molar-refractivity contribution in [2.45, 2.75) is 25.8 Å². The highest BCUT2D eigenvalue weighted by molar-refractivity contribution is 7.17. The fourth-order valence-corrected chi connectivity index (χ4v) is 3.81. The summed E-state index contributed by atoms with van der Waals surface area (Å²) in [5.74, 6) is 0.408. The first kappa shape index (κ1) is 19.0. The fourth-order valence-electron chi connectivity index (χ4n) is 2.99. The fraction of sp³-hybridized carbons (Fsp3) is 0.300. The van der Waals surface area contributed by atoms with Crippen LogP contribution in [-0.2, 0) is 0 Å². The van der Waals surface area contributed by atoms with E-state index in [2.05, 4.69) is 33.4 Å². The molecule has 7 heteroatoms. The third-order valence-electron chi connectivity index (χ3n) is 4.38. The lowest BCUT2D eigenvalue weighted by molar-refractivity contribution is 0.0789. The van der Waals surface area contributed by atoms with Crippen LogP contribution in [0.4, 0.5) is 5.95 Å². The highest BCUT2D eigenvalue weighted by Crippen LogP contribution is 2.26. The number of hydrogen-bond donors (Lipinski definition) is 1. The first-order chi connectivity index (χ1) is 13.1. The first-order valence-electron chi connectivity index (χ1n) is 8.91. The smallest absolute Gasteiger partial charge is 0.274 e. The zero-order chi connectivity index (χ0) is 19.2. The van der Waals surface area contributed by atoms with Crippen molar-refractivity contribution in [3.05, 3.63) is 54.2 Å². The maximum atomic E-state index is 12.9. The summed E-state index contributed by atoms with van der Waals surface area (Å²) in [4.78, 5) is 28.0. The average molecular weight is 382 g/mol. The van der Waals surface area contributed by atoms with Gasteiger partial charge in [0.25, 0.3) is 5.91 Å². The SMILES string of the molecule is C=C/C=C(\C=N/C=C)C(C)Nc1nc(C(=O)N2CCCC2)c2sccc2n1. The summed E-state index contributed by atoms with van der Waals surface area (Å²) in [6, 6.07) is 1.80. The summed E-state index contributed by atoms with van der Waals surface area (Å²) in [7, 11) is 0. The lowest BCUT2D eigenvalue weighted by atomic mass is 10.1. The summed E-state index contributed by atoms with van der Waals surface area (Å²) in [6.07, 6.45) is 8.85. The van der Waals surface area contributed by atoms with Crippen LogP contribution in [0.5, 0.6) is 0 Å². The molecule has 1 saturated heterocycles. The number of aliphatic imine (C=N–C) groups is 1. The molecule has 3 heterocycles. The minimum absolute atomic E-state index is 0.0202. The lowest BCUT2D eigenvalue weighted by Gasteiger charge is -2.18. The van der Waals surface area contributed by atoms with Gasteiger partial charge in [-0.2, -0.15) is 0 Å². The van der Waals surface area contributed by atoms with E-state index in [1.807, 2.05) is 29.3 Å². The van der Waals surface area contributed by atoms with Gasteiger partial charge in [0.05, 0.1) is 16.3 Å². The van der Waals surface area contributed by atoms with E-state index in [4.69, 9.17) is 0 Å². The van der Waals surface area contributed by atoms with Gasteiger partial charge in [-0.15, -0.1) is 11.3 Å². The number of carbonyl (C=O) groups is 1. The maximum absolute atomic E-state index is 12.9. The Kier molecular flexibility index (Phi) is 6.13. The summed E-state index contributed by atoms with van der Waals surface area (Å²) in [6.45, 7) is 10.9. The van der Waals surface area contributed by atoms with E-state index in [-0.39, 0.29) is 11.9 Å². The van der Waals surface area contributed by atoms with Crippen LogP contribution in [0.15, 0.2) is 53.5 Å². The number of likely N-dealkylation sites (tertiary alicyclic amines) is 1. The number of hydrogen-bond acceptors (Lipinski definition) is 6. The number of thiophene rings is 1. The molecule has 2 aromatic rings. The minimum Gasteiger partial charge on any atom is -0.348 e. The lowest BCUT2D eigenvalue weighted by Crippen LogP contribution is -2.29. The summed E-state index contributed by atoms with van der Waals surface area (Å²) in [5.41, 5.74) is 2.16. The quantitative estimate of drug-likeness (QED) is 0.580. The van der Waals surface area contributed by atoms with Crippen molar-refractivity contribution in [3.63, 3.8) is 0 Å². The molecule has 27 heavy (non-hydrogen) atoms. The molecule has 0 aromatic carbocycles. The second-order valence-corrected chi connectivity index (χ2v) is 7.18. The molecule has 1 aliphatic heterocycles. The Labute approximate surface area is 163 Å². The molecule has 1 fully saturated rings. The van der Waals surface area contributed by atoms with Crippen LogP contribution in [0.3, 0.4) is 0 Å². The molecule has 0 aliphatic carbocycles. The summed E-state index contributed by atoms with van der Waals surface area (Å²) < 4.78 is 0.834. The van der Waals surface area contributed by atoms with E-state index in [0.29, 0.717) is 11.6 Å². The molecular weight excluding hydrogens is 358 g/mol. The van der Waals surface area contributed by atoms with Gasteiger partial charge in [-0.25, -0.2) is 9.97 Å². The number of fused-ring (bicyclic) bond motifs is 1. The summed E-state index contributed by atoms with van der Waals surface area (Å²) in [5, 5.41) is 5.21. The number of allylic oxidation sites excluding steroid dienone is 2. The third-order valence-corrected chi connectivity index (χ3v) is 5.29. The molecule has 2 aromatic heterocycles. The van der Waals surface area contributed by atoms with Gasteiger partial charge in [0.1, 0.15) is 0 Å². The van der Waals surface area contributed by atoms with Gasteiger partial charge < -0.3 is 10.2 Å². The molecule has 0 bridgehead atoms. The van der Waals surface area contributed by atoms with Gasteiger partial charge in [0.15, 0.2) is 5.69 Å². The Morgan fingerprint density at radius 3 is 2.85 bits per heavy atom. The number of nitrogens with zero attached hydrogens (tertiary/aromatic N) is 4. The predicted octanol–water partition coefficient (Wildman–Crippen LogP) is 4.05. The van der Waals surface area contributed by atoms with Gasteiger partial charge in [-0.3, -0.25) is 9.79 Å². The van der Waals surface area contributed by atoms with E-state index in [1.54, 1.807) is 12.3 Å². The van der Waals surface area contributed by atoms with Crippen molar-refractivity contribution in [2.24, 2.45) is 4.99 Å². The summed E-state index contributed by atoms with van der Waals surface area (Å²) >= 11 is 1.50. The number of rotatable bonds is 7. The molecule has 1 unspecified atom stereocenters. The van der Waals surface area contributed by atoms with Crippen LogP contribution >= 0.6 is 11.3 Å². The van der Waals surface area contributed by atoms with Crippen LogP contribution in [-0.4, -0.2) is 46.1 Å². The second-order valence-electron chi connectivity index (χ2n) is 6.26. The highest BCUT2D eigenvalue weighted by Gasteiger charge is 2.24. The zero-order valence-electron chi connectivity index (χ0n) is 15.4. The number of aromatic nitrogens is 2. The van der Waals surface area contributed by atoms with Crippen LogP contribution in [0.2, 0.25) is 0 Å². The second kappa shape index (κ2) is 8.73. The largest absolute Gasteiger partial charge is 0.348 e. The number of nitrogens with one attached hydrogen (secondary N) is 1. The van der Waals surface area contributed by atoms with E-state index >= 15 is 0 Å². The Bertz CT molecular complexity index is 908. The zero-order valence-corrected chi connectivity index (χ0v) is 16.2. The van der Waals surface area contributed by atoms with Crippen LogP contribution in [0.1, 0.15) is 30.3 Å². The molecule has 6 nitrogen and oxygen atoms in total. The average Bonchev–Trinajstić information content (AvgIpc) is 3.35. The molecule has 1 atom stereocenters. The van der Waals surface area contributed by atoms with E-state index < -0.39 is 0 Å². The van der Waals surface area contributed by atoms with Gasteiger partial charge in [-0.05, 0) is 36.8 Å². The first-order valence-corrected chi connectivity index (χ1v) is 9.79. The Morgan fingerprint density at radius 2 is 2.15 bits per heavy atom. The molecule has 1 N–H and O–H groups in total. The van der Waals surface area contributed by atoms with E-state index in [9.17, 15) is 4.79 Å². The molecule has 140 valence electrons. The van der Waals surface area contributed by atoms with Crippen molar-refractivity contribution in [2.75, 3.05) is 18.4 Å². The Balaban J connectivity index is 1.91. The molecule has 0 saturated carbocycles. The molecule has 3 rings (SSSR count). The molecule has 0 spiro atoms. The highest BCUT2D eigenvalue weighted by atomic mass is 32.1. The molecule has 0 radical (unpaired) electrons. The van der Waals surface area contributed by atoms with Gasteiger partial charge >= 0.3 is 0 Å². The van der Waals surface area contributed by atoms with Gasteiger partial charge in [0.2, 0.25) is 5.95 Å². The number of anilines is 1. The van der Waals surface area contributed by atoms with Crippen LogP contribution in [0.25, 0.3) is 10.2 Å². The minimum atomic E-state index is -0.113. The number of carbonyl (C=O) groups excluding carboxylic acids is 1. The van der Waals surface area contributed by atoms with Crippen molar-refractivity contribution >= 4 is 39.6 Å². The molecule has 1 aliphatic rings.